The number of pyridine rings is 2. The molecule has 1 N–H and O–H groups in total. The first-order chi connectivity index (χ1) is 10.3. The van der Waals surface area contributed by atoms with Crippen LogP contribution in [0.25, 0.3) is 11.1 Å². The molecule has 21 heavy (non-hydrogen) atoms. The third kappa shape index (κ3) is 3.12. The van der Waals surface area contributed by atoms with E-state index in [2.05, 4.69) is 15.3 Å². The summed E-state index contributed by atoms with van der Waals surface area (Å²) in [6.45, 7) is 0. The number of carbonyl (C=O) groups is 1. The van der Waals surface area contributed by atoms with E-state index < -0.39 is 0 Å². The number of aromatic nitrogens is 2. The summed E-state index contributed by atoms with van der Waals surface area (Å²) in [5.41, 5.74) is 3.31. The first kappa shape index (κ1) is 13.0. The first-order valence-corrected chi connectivity index (χ1v) is 6.56. The molecule has 0 bridgehead atoms. The molecule has 2 aromatic heterocycles. The maximum absolute atomic E-state index is 12.0. The highest BCUT2D eigenvalue weighted by atomic mass is 16.1. The number of nitrogens with one attached hydrogen (secondary N) is 1. The molecule has 0 spiro atoms. The lowest BCUT2D eigenvalue weighted by Gasteiger charge is -2.06. The van der Waals surface area contributed by atoms with Crippen LogP contribution in [0.5, 0.6) is 0 Å². The fourth-order valence-electron chi connectivity index (χ4n) is 1.98. The van der Waals surface area contributed by atoms with Gasteiger partial charge in [-0.2, -0.15) is 0 Å². The summed E-state index contributed by atoms with van der Waals surface area (Å²) in [7, 11) is 0. The minimum atomic E-state index is -0.215. The molecule has 3 rings (SSSR count). The van der Waals surface area contributed by atoms with Crippen molar-refractivity contribution in [1.82, 2.24) is 9.97 Å². The van der Waals surface area contributed by atoms with E-state index in [0.29, 0.717) is 5.69 Å². The molecule has 3 aromatic rings. The van der Waals surface area contributed by atoms with Crippen LogP contribution in [0.3, 0.4) is 0 Å². The highest BCUT2D eigenvalue weighted by Gasteiger charge is 2.06. The average Bonchev–Trinajstić information content (AvgIpc) is 2.57. The number of carbonyl (C=O) groups excluding carboxylic acids is 1. The van der Waals surface area contributed by atoms with Crippen LogP contribution in [0, 0.1) is 0 Å². The van der Waals surface area contributed by atoms with Crippen molar-refractivity contribution in [3.63, 3.8) is 0 Å². The van der Waals surface area contributed by atoms with E-state index in [4.69, 9.17) is 0 Å². The Morgan fingerprint density at radius 1 is 0.810 bits per heavy atom. The monoisotopic (exact) mass is 275 g/mol. The van der Waals surface area contributed by atoms with Crippen molar-refractivity contribution in [1.29, 1.82) is 0 Å². The van der Waals surface area contributed by atoms with Gasteiger partial charge >= 0.3 is 0 Å². The van der Waals surface area contributed by atoms with Gasteiger partial charge in [0.25, 0.3) is 5.91 Å². The van der Waals surface area contributed by atoms with Crippen molar-refractivity contribution in [2.45, 2.75) is 0 Å². The van der Waals surface area contributed by atoms with Crippen LogP contribution in [0.1, 0.15) is 10.5 Å². The molecule has 0 aliphatic carbocycles. The van der Waals surface area contributed by atoms with Gasteiger partial charge < -0.3 is 5.32 Å². The number of amides is 1. The number of anilines is 1. The minimum Gasteiger partial charge on any atom is -0.321 e. The van der Waals surface area contributed by atoms with Gasteiger partial charge in [0.15, 0.2) is 0 Å². The molecule has 2 heterocycles. The summed E-state index contributed by atoms with van der Waals surface area (Å²) in [5.74, 6) is -0.215. The molecule has 0 aliphatic rings. The predicted octanol–water partition coefficient (Wildman–Crippen LogP) is 3.40. The standard InChI is InChI=1S/C17H13N3O/c21-17(16-3-1-2-10-19-16)20-15-6-4-13(5-7-15)14-8-11-18-12-9-14/h1-12H,(H,20,21). The quantitative estimate of drug-likeness (QED) is 0.797. The van der Waals surface area contributed by atoms with Gasteiger partial charge in [-0.3, -0.25) is 14.8 Å². The molecule has 0 fully saturated rings. The maximum Gasteiger partial charge on any atom is 0.274 e. The van der Waals surface area contributed by atoms with Crippen LogP contribution in [-0.4, -0.2) is 15.9 Å². The van der Waals surface area contributed by atoms with Gasteiger partial charge in [-0.05, 0) is 47.5 Å². The lowest BCUT2D eigenvalue weighted by molar-refractivity contribution is 0.102. The molecule has 1 aromatic carbocycles. The van der Waals surface area contributed by atoms with Gasteiger partial charge in [-0.1, -0.05) is 18.2 Å². The largest absolute Gasteiger partial charge is 0.321 e. The van der Waals surface area contributed by atoms with Gasteiger partial charge in [0.1, 0.15) is 5.69 Å². The Morgan fingerprint density at radius 2 is 1.52 bits per heavy atom. The fraction of sp³-hybridized carbons (Fsp3) is 0. The summed E-state index contributed by atoms with van der Waals surface area (Å²) in [5, 5.41) is 2.82. The van der Waals surface area contributed by atoms with Crippen LogP contribution >= 0.6 is 0 Å². The zero-order valence-electron chi connectivity index (χ0n) is 11.2. The molecule has 0 unspecified atom stereocenters. The van der Waals surface area contributed by atoms with Gasteiger partial charge in [0, 0.05) is 24.3 Å². The Bertz CT molecular complexity index is 725. The van der Waals surface area contributed by atoms with Crippen LogP contribution in [0.15, 0.2) is 73.2 Å². The molecule has 4 nitrogen and oxygen atoms in total. The summed E-state index contributed by atoms with van der Waals surface area (Å²) in [4.78, 5) is 20.0. The van der Waals surface area contributed by atoms with Crippen LogP contribution in [0.2, 0.25) is 0 Å². The Kier molecular flexibility index (Phi) is 3.69. The molecular weight excluding hydrogens is 262 g/mol. The van der Waals surface area contributed by atoms with E-state index in [1.54, 1.807) is 36.8 Å². The summed E-state index contributed by atoms with van der Waals surface area (Å²) in [6, 6.07) is 16.8. The second kappa shape index (κ2) is 5.96. The van der Waals surface area contributed by atoms with Crippen molar-refractivity contribution in [3.8, 4) is 11.1 Å². The first-order valence-electron chi connectivity index (χ1n) is 6.56. The normalized spacial score (nSPS) is 10.1. The van der Waals surface area contributed by atoms with Crippen LogP contribution in [-0.2, 0) is 0 Å². The van der Waals surface area contributed by atoms with E-state index >= 15 is 0 Å². The van der Waals surface area contributed by atoms with Gasteiger partial charge in [0.05, 0.1) is 0 Å². The van der Waals surface area contributed by atoms with Crippen LogP contribution < -0.4 is 5.32 Å². The third-order valence-corrected chi connectivity index (χ3v) is 3.05. The van der Waals surface area contributed by atoms with Crippen molar-refractivity contribution < 1.29 is 4.79 Å². The van der Waals surface area contributed by atoms with Gasteiger partial charge in [-0.25, -0.2) is 0 Å². The Morgan fingerprint density at radius 3 is 2.19 bits per heavy atom. The van der Waals surface area contributed by atoms with Gasteiger partial charge in [0.2, 0.25) is 0 Å². The third-order valence-electron chi connectivity index (χ3n) is 3.05. The smallest absolute Gasteiger partial charge is 0.274 e. The van der Waals surface area contributed by atoms with Crippen molar-refractivity contribution in [2.24, 2.45) is 0 Å². The molecule has 0 saturated heterocycles. The number of benzene rings is 1. The molecule has 0 radical (unpaired) electrons. The molecule has 0 atom stereocenters. The highest BCUT2D eigenvalue weighted by Crippen LogP contribution is 2.20. The lowest BCUT2D eigenvalue weighted by atomic mass is 10.1. The molecule has 102 valence electrons. The zero-order chi connectivity index (χ0) is 14.5. The molecule has 0 aliphatic heterocycles. The second-order valence-electron chi connectivity index (χ2n) is 4.48. The fourth-order valence-corrected chi connectivity index (χ4v) is 1.98. The molecular formula is C17H13N3O. The average molecular weight is 275 g/mol. The minimum absolute atomic E-state index is 0.215. The van der Waals surface area contributed by atoms with Crippen molar-refractivity contribution in [3.05, 3.63) is 78.9 Å². The highest BCUT2D eigenvalue weighted by molar-refractivity contribution is 6.02. The van der Waals surface area contributed by atoms with E-state index in [0.717, 1.165) is 16.8 Å². The summed E-state index contributed by atoms with van der Waals surface area (Å²) in [6.07, 6.45) is 5.11. The number of nitrogens with zero attached hydrogens (tertiary/aromatic N) is 2. The Hall–Kier alpha value is -3.01. The van der Waals surface area contributed by atoms with E-state index in [-0.39, 0.29) is 5.91 Å². The predicted molar refractivity (Wildman–Crippen MR) is 81.9 cm³/mol. The molecule has 1 amide bonds. The summed E-state index contributed by atoms with van der Waals surface area (Å²) < 4.78 is 0. The Labute approximate surface area is 122 Å². The van der Waals surface area contributed by atoms with Crippen LogP contribution in [0.4, 0.5) is 5.69 Å². The van der Waals surface area contributed by atoms with E-state index in [1.165, 1.54) is 0 Å². The van der Waals surface area contributed by atoms with E-state index in [1.807, 2.05) is 36.4 Å². The number of rotatable bonds is 3. The zero-order valence-corrected chi connectivity index (χ0v) is 11.2. The SMILES string of the molecule is O=C(Nc1ccc(-c2ccncc2)cc1)c1ccccn1. The second-order valence-corrected chi connectivity index (χ2v) is 4.48. The van der Waals surface area contributed by atoms with E-state index in [9.17, 15) is 4.79 Å². The topological polar surface area (TPSA) is 54.9 Å². The summed E-state index contributed by atoms with van der Waals surface area (Å²) >= 11 is 0. The molecule has 4 heteroatoms. The van der Waals surface area contributed by atoms with Crippen molar-refractivity contribution >= 4 is 11.6 Å². The number of hydrogen-bond acceptors (Lipinski definition) is 3. The van der Waals surface area contributed by atoms with Crippen molar-refractivity contribution in [2.75, 3.05) is 5.32 Å². The van der Waals surface area contributed by atoms with Gasteiger partial charge in [-0.15, -0.1) is 0 Å². The molecule has 0 saturated carbocycles. The Balaban J connectivity index is 1.75. The maximum atomic E-state index is 12.0. The number of hydrogen-bond donors (Lipinski definition) is 1. The lowest BCUT2D eigenvalue weighted by Crippen LogP contribution is -2.13.